The number of aryl methyl sites for hydroxylation is 1. The Morgan fingerprint density at radius 1 is 1.15 bits per heavy atom. The van der Waals surface area contributed by atoms with Gasteiger partial charge in [0.15, 0.2) is 0 Å². The molecule has 0 saturated heterocycles. The molecular weight excluding hydrogens is 154 g/mol. The molecule has 13 heavy (non-hydrogen) atoms. The van der Waals surface area contributed by atoms with Gasteiger partial charge in [-0.15, -0.1) is 0 Å². The van der Waals surface area contributed by atoms with Gasteiger partial charge in [-0.05, 0) is 0 Å². The molecular formula is C11H16B2. The van der Waals surface area contributed by atoms with E-state index in [4.69, 9.17) is 0 Å². The van der Waals surface area contributed by atoms with E-state index in [2.05, 4.69) is 58.7 Å². The number of rotatable bonds is 2. The van der Waals surface area contributed by atoms with Crippen molar-refractivity contribution in [3.8, 4) is 0 Å². The van der Waals surface area contributed by atoms with Crippen molar-refractivity contribution < 1.29 is 0 Å². The predicted molar refractivity (Wildman–Crippen MR) is 64.5 cm³/mol. The summed E-state index contributed by atoms with van der Waals surface area (Å²) in [6.45, 7) is 11.5. The van der Waals surface area contributed by atoms with E-state index in [1.807, 2.05) is 0 Å². The second-order valence-electron chi connectivity index (χ2n) is 3.94. The molecule has 0 radical (unpaired) electrons. The molecule has 0 nitrogen and oxygen atoms in total. The van der Waals surface area contributed by atoms with Gasteiger partial charge in [-0.25, -0.2) is 0 Å². The van der Waals surface area contributed by atoms with Crippen LogP contribution in [0.15, 0.2) is 24.3 Å². The fourth-order valence-corrected chi connectivity index (χ4v) is 1.47. The summed E-state index contributed by atoms with van der Waals surface area (Å²) in [7, 11) is 0. The molecule has 0 unspecified atom stereocenters. The molecule has 0 N–H and O–H groups in total. The minimum atomic E-state index is 0.533. The van der Waals surface area contributed by atoms with Crippen molar-refractivity contribution in [2.45, 2.75) is 27.6 Å². The third-order valence-corrected chi connectivity index (χ3v) is 2.19. The molecule has 0 heterocycles. The first-order chi connectivity index (χ1) is 6.09. The van der Waals surface area contributed by atoms with Crippen LogP contribution in [0.3, 0.4) is 0 Å². The van der Waals surface area contributed by atoms with Crippen LogP contribution < -0.4 is 5.46 Å². The third kappa shape index (κ3) is 3.22. The van der Waals surface area contributed by atoms with Gasteiger partial charge in [0.05, 0.1) is 0 Å². The molecule has 0 saturated carbocycles. The van der Waals surface area contributed by atoms with Crippen LogP contribution in [-0.4, -0.2) is 18.9 Å². The number of benzene rings is 1. The fraction of sp³-hybridized carbons (Fsp3) is 0.364. The Morgan fingerprint density at radius 3 is 2.15 bits per heavy atom. The molecule has 1 aromatic carbocycles. The van der Waals surface area contributed by atoms with Gasteiger partial charge < -0.3 is 0 Å². The Balaban J connectivity index is 2.83. The fourth-order valence-electron chi connectivity index (χ4n) is 1.47. The number of hydrogen-bond donors (Lipinski definition) is 0. The van der Waals surface area contributed by atoms with Crippen molar-refractivity contribution in [3.63, 3.8) is 0 Å². The first kappa shape index (κ1) is 10.3. The SMILES string of the molecule is CB(B=C(C)C)c1ccc(C)cc1. The van der Waals surface area contributed by atoms with E-state index in [-0.39, 0.29) is 0 Å². The molecule has 0 atom stereocenters. The monoisotopic (exact) mass is 170 g/mol. The van der Waals surface area contributed by atoms with Crippen LogP contribution in [0.5, 0.6) is 0 Å². The quantitative estimate of drug-likeness (QED) is 0.592. The average Bonchev–Trinajstić information content (AvgIpc) is 2.04. The predicted octanol–water partition coefficient (Wildman–Crippen LogP) is 1.74. The summed E-state index contributed by atoms with van der Waals surface area (Å²) in [5, 5.41) is 0. The minimum absolute atomic E-state index is 0.533. The second kappa shape index (κ2) is 4.45. The van der Waals surface area contributed by atoms with Crippen LogP contribution >= 0.6 is 0 Å². The summed E-state index contributed by atoms with van der Waals surface area (Å²) in [5.74, 6) is 0. The Morgan fingerprint density at radius 2 is 1.69 bits per heavy atom. The van der Waals surface area contributed by atoms with Gasteiger partial charge in [0, 0.05) is 0 Å². The van der Waals surface area contributed by atoms with Gasteiger partial charge in [-0.1, -0.05) is 0 Å². The first-order valence-corrected chi connectivity index (χ1v) is 4.81. The van der Waals surface area contributed by atoms with Crippen LogP contribution in [0.25, 0.3) is 0 Å². The number of hydrogen-bond acceptors (Lipinski definition) is 0. The summed E-state index contributed by atoms with van der Waals surface area (Å²) in [4.78, 5) is 0. The zero-order valence-electron chi connectivity index (χ0n) is 8.96. The first-order valence-electron chi connectivity index (χ1n) is 4.81. The van der Waals surface area contributed by atoms with Crippen LogP contribution in [0.2, 0.25) is 6.82 Å². The van der Waals surface area contributed by atoms with E-state index in [0.29, 0.717) is 6.60 Å². The van der Waals surface area contributed by atoms with Crippen molar-refractivity contribution >= 4 is 24.3 Å². The molecule has 0 bridgehead atoms. The normalized spacial score (nSPS) is 9.23. The van der Waals surface area contributed by atoms with Gasteiger partial charge >= 0.3 is 81.8 Å². The Bertz CT molecular complexity index is 294. The van der Waals surface area contributed by atoms with Crippen LogP contribution in [0.4, 0.5) is 0 Å². The molecule has 1 rings (SSSR count). The molecule has 0 aliphatic heterocycles. The maximum atomic E-state index is 2.30. The standard InChI is InChI=1S/C11H16B2/c1-9(2)12-13(4)11-7-5-10(3)6-8-11/h5-8H,1-4H3. The molecule has 0 aliphatic rings. The van der Waals surface area contributed by atoms with Gasteiger partial charge in [0.1, 0.15) is 0 Å². The van der Waals surface area contributed by atoms with Crippen molar-refractivity contribution in [1.82, 2.24) is 0 Å². The van der Waals surface area contributed by atoms with Crippen LogP contribution in [-0.2, 0) is 0 Å². The van der Waals surface area contributed by atoms with E-state index in [1.54, 1.807) is 0 Å². The van der Waals surface area contributed by atoms with Gasteiger partial charge in [-0.3, -0.25) is 0 Å². The Hall–Kier alpha value is -0.780. The van der Waals surface area contributed by atoms with Gasteiger partial charge in [-0.2, -0.15) is 0 Å². The molecule has 2 heteroatoms. The topological polar surface area (TPSA) is 0 Å². The summed E-state index contributed by atoms with van der Waals surface area (Å²) < 4.78 is 0. The van der Waals surface area contributed by atoms with Crippen LogP contribution in [0.1, 0.15) is 19.4 Å². The molecule has 0 amide bonds. The third-order valence-electron chi connectivity index (χ3n) is 2.19. The summed E-state index contributed by atoms with van der Waals surface area (Å²) in [6.07, 6.45) is 0. The second-order valence-corrected chi connectivity index (χ2v) is 3.94. The van der Waals surface area contributed by atoms with Crippen molar-refractivity contribution in [2.75, 3.05) is 0 Å². The van der Waals surface area contributed by atoms with Gasteiger partial charge in [0.25, 0.3) is 0 Å². The maximum absolute atomic E-state index is 2.30. The Kier molecular flexibility index (Phi) is 3.53. The average molecular weight is 170 g/mol. The van der Waals surface area contributed by atoms with E-state index >= 15 is 0 Å². The Labute approximate surface area is 82.3 Å². The molecule has 0 aromatic heterocycles. The van der Waals surface area contributed by atoms with E-state index in [9.17, 15) is 0 Å². The van der Waals surface area contributed by atoms with E-state index in [1.165, 1.54) is 16.5 Å². The molecule has 0 aliphatic carbocycles. The molecule has 0 spiro atoms. The zero-order chi connectivity index (χ0) is 9.84. The summed E-state index contributed by atoms with van der Waals surface area (Å²) in [6, 6.07) is 8.76. The van der Waals surface area contributed by atoms with Crippen molar-refractivity contribution in [1.29, 1.82) is 0 Å². The van der Waals surface area contributed by atoms with E-state index < -0.39 is 0 Å². The van der Waals surface area contributed by atoms with Crippen molar-refractivity contribution in [3.05, 3.63) is 29.8 Å². The van der Waals surface area contributed by atoms with E-state index in [0.717, 1.165) is 0 Å². The molecule has 66 valence electrons. The zero-order valence-corrected chi connectivity index (χ0v) is 8.96. The molecule has 1 aromatic rings. The van der Waals surface area contributed by atoms with Crippen LogP contribution in [0, 0.1) is 6.92 Å². The van der Waals surface area contributed by atoms with Gasteiger partial charge in [0.2, 0.25) is 0 Å². The summed E-state index contributed by atoms with van der Waals surface area (Å²) >= 11 is 0. The summed E-state index contributed by atoms with van der Waals surface area (Å²) in [5.41, 5.74) is 4.10. The molecule has 0 fully saturated rings. The van der Waals surface area contributed by atoms with Crippen molar-refractivity contribution in [2.24, 2.45) is 0 Å².